The zero-order valence-corrected chi connectivity index (χ0v) is 22.2. The van der Waals surface area contributed by atoms with Crippen molar-refractivity contribution in [3.63, 3.8) is 0 Å². The lowest BCUT2D eigenvalue weighted by Gasteiger charge is -2.44. The molecule has 3 aromatic rings. The highest BCUT2D eigenvalue weighted by atomic mass is 35.5. The average Bonchev–Trinajstić information content (AvgIpc) is 3.29. The summed E-state index contributed by atoms with van der Waals surface area (Å²) in [5.74, 6) is -1.52. The number of esters is 1. The summed E-state index contributed by atoms with van der Waals surface area (Å²) >= 11 is 6.23. The molecule has 1 aliphatic heterocycles. The number of carbonyl (C=O) groups excluding carboxylic acids is 1. The highest BCUT2D eigenvalue weighted by molar-refractivity contribution is 6.30. The van der Waals surface area contributed by atoms with Gasteiger partial charge in [0.2, 0.25) is 0 Å². The van der Waals surface area contributed by atoms with E-state index in [1.807, 2.05) is 37.3 Å². The number of methoxy groups -OCH3 is 1. The molecular formula is C30H31ClF2N2O3. The standard InChI is InChI=1S/C30H31ClF2N2O3/c1-18-22(29(36)37-2)9-6-10-28(18)38-17-23(19-7-4-3-5-8-19)30(20-11-13-21(31)14-12-20)34-26-15-24(32)25(33)16-27(26)35-30/h6,9-16,19,23,34-35H,3-5,7-8,17H2,1-2H3. The van der Waals surface area contributed by atoms with E-state index in [0.29, 0.717) is 39.9 Å². The Bertz CT molecular complexity index is 1290. The first-order valence-corrected chi connectivity index (χ1v) is 13.3. The van der Waals surface area contributed by atoms with E-state index in [9.17, 15) is 13.6 Å². The van der Waals surface area contributed by atoms with Crippen LogP contribution in [0.5, 0.6) is 5.75 Å². The maximum atomic E-state index is 14.3. The smallest absolute Gasteiger partial charge is 0.338 e. The molecule has 5 nitrogen and oxygen atoms in total. The average molecular weight is 541 g/mol. The van der Waals surface area contributed by atoms with Gasteiger partial charge in [-0.1, -0.05) is 49.1 Å². The number of benzene rings is 3. The van der Waals surface area contributed by atoms with Crippen molar-refractivity contribution in [2.45, 2.75) is 44.7 Å². The molecule has 0 spiro atoms. The maximum absolute atomic E-state index is 14.3. The molecule has 1 saturated carbocycles. The largest absolute Gasteiger partial charge is 0.493 e. The van der Waals surface area contributed by atoms with E-state index in [2.05, 4.69) is 10.6 Å². The normalized spacial score (nSPS) is 17.2. The second-order valence-corrected chi connectivity index (χ2v) is 10.5. The summed E-state index contributed by atoms with van der Waals surface area (Å²) in [7, 11) is 1.35. The van der Waals surface area contributed by atoms with Crippen LogP contribution in [0, 0.1) is 30.4 Å². The fourth-order valence-corrected chi connectivity index (χ4v) is 6.02. The molecule has 1 heterocycles. The molecule has 0 aromatic heterocycles. The third kappa shape index (κ3) is 4.92. The van der Waals surface area contributed by atoms with Crippen LogP contribution in [0.4, 0.5) is 20.2 Å². The Morgan fingerprint density at radius 2 is 1.66 bits per heavy atom. The third-order valence-corrected chi connectivity index (χ3v) is 8.16. The van der Waals surface area contributed by atoms with Gasteiger partial charge in [-0.2, -0.15) is 0 Å². The molecular weight excluding hydrogens is 510 g/mol. The Balaban J connectivity index is 1.56. The van der Waals surface area contributed by atoms with Gasteiger partial charge in [0.25, 0.3) is 0 Å². The summed E-state index contributed by atoms with van der Waals surface area (Å²) in [5, 5.41) is 7.64. The first kappa shape index (κ1) is 26.3. The van der Waals surface area contributed by atoms with Crippen LogP contribution in [-0.2, 0) is 10.4 Å². The molecule has 0 radical (unpaired) electrons. The highest BCUT2D eigenvalue weighted by Crippen LogP contribution is 2.49. The van der Waals surface area contributed by atoms with Gasteiger partial charge in [0.05, 0.1) is 30.7 Å². The van der Waals surface area contributed by atoms with Crippen molar-refractivity contribution < 1.29 is 23.0 Å². The van der Waals surface area contributed by atoms with Gasteiger partial charge in [-0.25, -0.2) is 13.6 Å². The van der Waals surface area contributed by atoms with Gasteiger partial charge < -0.3 is 20.1 Å². The van der Waals surface area contributed by atoms with E-state index in [1.165, 1.54) is 25.7 Å². The van der Waals surface area contributed by atoms with E-state index < -0.39 is 23.3 Å². The van der Waals surface area contributed by atoms with Crippen molar-refractivity contribution in [3.05, 3.63) is 87.9 Å². The van der Waals surface area contributed by atoms with Crippen LogP contribution >= 0.6 is 11.6 Å². The van der Waals surface area contributed by atoms with Gasteiger partial charge in [0.1, 0.15) is 11.4 Å². The van der Waals surface area contributed by atoms with E-state index >= 15 is 0 Å². The molecule has 1 aliphatic carbocycles. The van der Waals surface area contributed by atoms with Gasteiger partial charge in [0.15, 0.2) is 11.6 Å². The van der Waals surface area contributed by atoms with E-state index in [-0.39, 0.29) is 11.8 Å². The van der Waals surface area contributed by atoms with Crippen molar-refractivity contribution in [1.82, 2.24) is 0 Å². The summed E-state index contributed by atoms with van der Waals surface area (Å²) in [6, 6.07) is 15.2. The third-order valence-electron chi connectivity index (χ3n) is 7.91. The minimum absolute atomic E-state index is 0.135. The second-order valence-electron chi connectivity index (χ2n) is 10.1. The van der Waals surface area contributed by atoms with Crippen LogP contribution in [0.3, 0.4) is 0 Å². The van der Waals surface area contributed by atoms with Crippen molar-refractivity contribution in [3.8, 4) is 5.75 Å². The molecule has 38 heavy (non-hydrogen) atoms. The molecule has 2 N–H and O–H groups in total. The number of carbonyl (C=O) groups is 1. The zero-order chi connectivity index (χ0) is 26.9. The monoisotopic (exact) mass is 540 g/mol. The molecule has 1 unspecified atom stereocenters. The van der Waals surface area contributed by atoms with E-state index in [4.69, 9.17) is 21.1 Å². The summed E-state index contributed by atoms with van der Waals surface area (Å²) in [6.45, 7) is 2.14. The number of fused-ring (bicyclic) bond motifs is 1. The Morgan fingerprint density at radius 3 is 2.26 bits per heavy atom. The van der Waals surface area contributed by atoms with Crippen molar-refractivity contribution in [2.24, 2.45) is 11.8 Å². The number of ether oxygens (including phenoxy) is 2. The lowest BCUT2D eigenvalue weighted by molar-refractivity contribution is 0.0598. The predicted octanol–water partition coefficient (Wildman–Crippen LogP) is 7.68. The molecule has 3 aromatic carbocycles. The number of anilines is 2. The topological polar surface area (TPSA) is 59.6 Å². The van der Waals surface area contributed by atoms with Crippen LogP contribution in [0.25, 0.3) is 0 Å². The van der Waals surface area contributed by atoms with Gasteiger partial charge in [-0.3, -0.25) is 0 Å². The molecule has 0 bridgehead atoms. The lowest BCUT2D eigenvalue weighted by atomic mass is 9.72. The Labute approximate surface area is 226 Å². The Hall–Kier alpha value is -3.32. The fraction of sp³-hybridized carbons (Fsp3) is 0.367. The van der Waals surface area contributed by atoms with E-state index in [0.717, 1.165) is 31.2 Å². The van der Waals surface area contributed by atoms with Crippen LogP contribution in [0.15, 0.2) is 54.6 Å². The van der Waals surface area contributed by atoms with Crippen molar-refractivity contribution in [1.29, 1.82) is 0 Å². The minimum atomic E-state index is -0.911. The highest BCUT2D eigenvalue weighted by Gasteiger charge is 2.49. The van der Waals surface area contributed by atoms with Gasteiger partial charge >= 0.3 is 5.97 Å². The first-order valence-electron chi connectivity index (χ1n) is 12.9. The zero-order valence-electron chi connectivity index (χ0n) is 21.5. The fourth-order valence-electron chi connectivity index (χ4n) is 5.90. The SMILES string of the molecule is COC(=O)c1cccc(OCC(C2CCCCC2)C2(c3ccc(Cl)cc3)Nc3cc(F)c(F)cc3N2)c1C. The predicted molar refractivity (Wildman–Crippen MR) is 145 cm³/mol. The molecule has 1 atom stereocenters. The van der Waals surface area contributed by atoms with Crippen molar-refractivity contribution in [2.75, 3.05) is 24.4 Å². The first-order chi connectivity index (χ1) is 18.3. The lowest BCUT2D eigenvalue weighted by Crippen LogP contribution is -2.51. The van der Waals surface area contributed by atoms with Crippen molar-refractivity contribution >= 4 is 28.9 Å². The molecule has 0 amide bonds. The quantitative estimate of drug-likeness (QED) is 0.301. The molecule has 0 saturated heterocycles. The summed E-state index contributed by atoms with van der Waals surface area (Å²) in [5.41, 5.74) is 2.11. The van der Waals surface area contributed by atoms with Crippen LogP contribution in [0.2, 0.25) is 5.02 Å². The molecule has 1 fully saturated rings. The van der Waals surface area contributed by atoms with Crippen LogP contribution in [0.1, 0.15) is 53.6 Å². The number of rotatable bonds is 7. The van der Waals surface area contributed by atoms with Gasteiger partial charge in [-0.15, -0.1) is 0 Å². The Morgan fingerprint density at radius 1 is 1.03 bits per heavy atom. The van der Waals surface area contributed by atoms with Crippen LogP contribution in [-0.4, -0.2) is 19.7 Å². The molecule has 200 valence electrons. The maximum Gasteiger partial charge on any atom is 0.338 e. The summed E-state index contributed by atoms with van der Waals surface area (Å²) < 4.78 is 39.9. The van der Waals surface area contributed by atoms with Gasteiger partial charge in [0, 0.05) is 28.6 Å². The minimum Gasteiger partial charge on any atom is -0.493 e. The summed E-state index contributed by atoms with van der Waals surface area (Å²) in [6.07, 6.45) is 5.39. The summed E-state index contributed by atoms with van der Waals surface area (Å²) in [4.78, 5) is 12.3. The number of hydrogen-bond acceptors (Lipinski definition) is 5. The number of halogens is 3. The van der Waals surface area contributed by atoms with E-state index in [1.54, 1.807) is 12.1 Å². The number of hydrogen-bond donors (Lipinski definition) is 2. The second kappa shape index (κ2) is 10.8. The van der Waals surface area contributed by atoms with Crippen LogP contribution < -0.4 is 15.4 Å². The van der Waals surface area contributed by atoms with Gasteiger partial charge in [-0.05, 0) is 55.5 Å². The molecule has 2 aliphatic rings. The Kier molecular flexibility index (Phi) is 7.48. The molecule has 5 rings (SSSR count). The number of nitrogens with one attached hydrogen (secondary N) is 2. The molecule has 8 heteroatoms.